The second-order valence-electron chi connectivity index (χ2n) is 5.39. The van der Waals surface area contributed by atoms with Crippen molar-refractivity contribution in [2.24, 2.45) is 10.2 Å². The van der Waals surface area contributed by atoms with Gasteiger partial charge in [-0.1, -0.05) is 0 Å². The zero-order valence-corrected chi connectivity index (χ0v) is 14.6. The number of hydrazone groups is 2. The summed E-state index contributed by atoms with van der Waals surface area (Å²) in [6, 6.07) is 9.58. The molecule has 9 nitrogen and oxygen atoms in total. The van der Waals surface area contributed by atoms with Gasteiger partial charge in [0.1, 0.15) is 22.9 Å². The highest BCUT2D eigenvalue weighted by Gasteiger charge is 2.16. The van der Waals surface area contributed by atoms with Crippen LogP contribution in [0, 0.1) is 0 Å². The molecule has 3 aromatic heterocycles. The lowest BCUT2D eigenvalue weighted by atomic mass is 10.3. The molecule has 3 heterocycles. The number of rotatable bonds is 6. The van der Waals surface area contributed by atoms with E-state index in [1.807, 2.05) is 0 Å². The predicted molar refractivity (Wildman–Crippen MR) is 95.5 cm³/mol. The summed E-state index contributed by atoms with van der Waals surface area (Å²) in [7, 11) is 0. The van der Waals surface area contributed by atoms with Crippen LogP contribution in [-0.4, -0.2) is 23.2 Å². The molecule has 2 N–H and O–H groups in total. The summed E-state index contributed by atoms with van der Waals surface area (Å²) in [6.07, 6.45) is 3.01. The van der Waals surface area contributed by atoms with Crippen LogP contribution < -0.4 is 10.9 Å². The number of hydrogen-bond donors (Lipinski definition) is 2. The summed E-state index contributed by atoms with van der Waals surface area (Å²) in [5.41, 5.74) is 5.64. The van der Waals surface area contributed by atoms with E-state index in [9.17, 15) is 9.59 Å². The lowest BCUT2D eigenvalue weighted by molar-refractivity contribution is 0.0902. The van der Waals surface area contributed by atoms with Crippen molar-refractivity contribution in [2.45, 2.75) is 13.8 Å². The van der Waals surface area contributed by atoms with Gasteiger partial charge in [-0.2, -0.15) is 10.2 Å². The Balaban J connectivity index is 1.60. The van der Waals surface area contributed by atoms with Crippen molar-refractivity contribution in [3.05, 3.63) is 72.0 Å². The molecule has 0 aromatic carbocycles. The lowest BCUT2D eigenvalue weighted by Crippen LogP contribution is -2.20. The highest BCUT2D eigenvalue weighted by atomic mass is 16.4. The van der Waals surface area contributed by atoms with Crippen LogP contribution in [0.15, 0.2) is 72.4 Å². The van der Waals surface area contributed by atoms with Gasteiger partial charge in [0.05, 0.1) is 12.5 Å². The molecule has 3 aromatic rings. The van der Waals surface area contributed by atoms with E-state index in [0.29, 0.717) is 22.9 Å². The molecule has 2 amide bonds. The Bertz CT molecular complexity index is 902. The standard InChI is InChI=1S/C18H16N4O5/c1-11(13-5-3-9-25-13)19-21-17(23)15-7-8-16(27-15)18(24)22-20-12(2)14-6-4-10-26-14/h3-10H,1-2H3,(H,21,23)(H,22,24)/b19-11-,20-12-. The third-order valence-electron chi connectivity index (χ3n) is 3.46. The number of hydrogen-bond acceptors (Lipinski definition) is 7. The van der Waals surface area contributed by atoms with Crippen LogP contribution in [0.2, 0.25) is 0 Å². The summed E-state index contributed by atoms with van der Waals surface area (Å²) in [6.45, 7) is 3.36. The summed E-state index contributed by atoms with van der Waals surface area (Å²) in [5.74, 6) is -0.282. The molecule has 0 radical (unpaired) electrons. The third kappa shape index (κ3) is 4.40. The highest BCUT2D eigenvalue weighted by Crippen LogP contribution is 2.09. The van der Waals surface area contributed by atoms with Gasteiger partial charge in [0, 0.05) is 0 Å². The second kappa shape index (κ2) is 8.00. The molecule has 0 spiro atoms. The van der Waals surface area contributed by atoms with E-state index in [1.54, 1.807) is 38.1 Å². The first kappa shape index (κ1) is 17.9. The highest BCUT2D eigenvalue weighted by molar-refractivity contribution is 6.00. The maximum absolute atomic E-state index is 12.1. The van der Waals surface area contributed by atoms with Crippen molar-refractivity contribution in [2.75, 3.05) is 0 Å². The minimum atomic E-state index is -0.602. The fraction of sp³-hybridized carbons (Fsp3) is 0.111. The maximum Gasteiger partial charge on any atom is 0.307 e. The Morgan fingerprint density at radius 2 is 1.19 bits per heavy atom. The SMILES string of the molecule is C/C(=N/NC(=O)c1ccc(C(=O)N/N=C(/C)c2ccco2)o1)c1ccco1. The number of carbonyl (C=O) groups is 2. The van der Waals surface area contributed by atoms with Crippen LogP contribution in [0.25, 0.3) is 0 Å². The van der Waals surface area contributed by atoms with E-state index in [1.165, 1.54) is 24.7 Å². The molecule has 0 atom stereocenters. The van der Waals surface area contributed by atoms with Crippen molar-refractivity contribution in [1.82, 2.24) is 10.9 Å². The minimum absolute atomic E-state index is 0.0668. The van der Waals surface area contributed by atoms with Gasteiger partial charge >= 0.3 is 11.8 Å². The largest absolute Gasteiger partial charge is 0.463 e. The average molecular weight is 368 g/mol. The monoisotopic (exact) mass is 368 g/mol. The fourth-order valence-corrected chi connectivity index (χ4v) is 2.04. The molecule has 138 valence electrons. The first-order valence-corrected chi connectivity index (χ1v) is 7.91. The molecule has 3 rings (SSSR count). The van der Waals surface area contributed by atoms with Gasteiger partial charge in [0.25, 0.3) is 0 Å². The zero-order valence-electron chi connectivity index (χ0n) is 14.6. The number of nitrogens with one attached hydrogen (secondary N) is 2. The van der Waals surface area contributed by atoms with E-state index in [-0.39, 0.29) is 11.5 Å². The molecule has 0 aliphatic heterocycles. The summed E-state index contributed by atoms with van der Waals surface area (Å²) < 4.78 is 15.6. The van der Waals surface area contributed by atoms with Crippen molar-refractivity contribution in [1.29, 1.82) is 0 Å². The quantitative estimate of drug-likeness (QED) is 0.512. The first-order chi connectivity index (χ1) is 13.0. The van der Waals surface area contributed by atoms with Crippen molar-refractivity contribution in [3.63, 3.8) is 0 Å². The average Bonchev–Trinajstić information content (AvgIpc) is 3.44. The Hall–Kier alpha value is -3.88. The molecule has 9 heteroatoms. The van der Waals surface area contributed by atoms with Crippen molar-refractivity contribution in [3.8, 4) is 0 Å². The van der Waals surface area contributed by atoms with E-state index >= 15 is 0 Å². The summed E-state index contributed by atoms with van der Waals surface area (Å²) in [5, 5.41) is 7.83. The fourth-order valence-electron chi connectivity index (χ4n) is 2.04. The van der Waals surface area contributed by atoms with Gasteiger partial charge in [0.2, 0.25) is 0 Å². The van der Waals surface area contributed by atoms with Gasteiger partial charge in [-0.25, -0.2) is 10.9 Å². The predicted octanol–water partition coefficient (Wildman–Crippen LogP) is 2.77. The Kier molecular flexibility index (Phi) is 5.31. The maximum atomic E-state index is 12.1. The van der Waals surface area contributed by atoms with E-state index in [2.05, 4.69) is 21.1 Å². The topological polar surface area (TPSA) is 122 Å². The summed E-state index contributed by atoms with van der Waals surface area (Å²) >= 11 is 0. The Morgan fingerprint density at radius 1 is 0.741 bits per heavy atom. The Morgan fingerprint density at radius 3 is 1.56 bits per heavy atom. The lowest BCUT2D eigenvalue weighted by Gasteiger charge is -1.99. The molecule has 0 aliphatic carbocycles. The molecule has 0 fully saturated rings. The van der Waals surface area contributed by atoms with Crippen molar-refractivity contribution < 1.29 is 22.8 Å². The summed E-state index contributed by atoms with van der Waals surface area (Å²) in [4.78, 5) is 24.1. The minimum Gasteiger partial charge on any atom is -0.463 e. The molecule has 0 aliphatic rings. The Labute approximate surface area is 153 Å². The van der Waals surface area contributed by atoms with Crippen LogP contribution in [0.1, 0.15) is 46.5 Å². The van der Waals surface area contributed by atoms with Gasteiger partial charge in [0.15, 0.2) is 11.5 Å². The third-order valence-corrected chi connectivity index (χ3v) is 3.46. The normalized spacial score (nSPS) is 12.1. The molecule has 0 unspecified atom stereocenters. The number of nitrogens with zero attached hydrogens (tertiary/aromatic N) is 2. The smallest absolute Gasteiger partial charge is 0.307 e. The van der Waals surface area contributed by atoms with Gasteiger partial charge in [-0.15, -0.1) is 0 Å². The zero-order chi connectivity index (χ0) is 19.2. The van der Waals surface area contributed by atoms with Crippen LogP contribution >= 0.6 is 0 Å². The molecular formula is C18H16N4O5. The molecule has 0 bridgehead atoms. The molecular weight excluding hydrogens is 352 g/mol. The van der Waals surface area contributed by atoms with Crippen LogP contribution in [0.4, 0.5) is 0 Å². The van der Waals surface area contributed by atoms with Crippen LogP contribution in [0.3, 0.4) is 0 Å². The molecule has 0 saturated heterocycles. The van der Waals surface area contributed by atoms with E-state index < -0.39 is 11.8 Å². The molecule has 27 heavy (non-hydrogen) atoms. The van der Waals surface area contributed by atoms with Crippen LogP contribution in [0.5, 0.6) is 0 Å². The number of furan rings is 3. The second-order valence-corrected chi connectivity index (χ2v) is 5.39. The van der Waals surface area contributed by atoms with E-state index in [4.69, 9.17) is 13.3 Å². The van der Waals surface area contributed by atoms with Crippen molar-refractivity contribution >= 4 is 23.2 Å². The number of amides is 2. The van der Waals surface area contributed by atoms with Gasteiger partial charge in [-0.05, 0) is 50.2 Å². The van der Waals surface area contributed by atoms with Gasteiger partial charge in [-0.3, -0.25) is 9.59 Å². The van der Waals surface area contributed by atoms with E-state index in [0.717, 1.165) is 0 Å². The van der Waals surface area contributed by atoms with Crippen LogP contribution in [-0.2, 0) is 0 Å². The number of carbonyl (C=O) groups excluding carboxylic acids is 2. The molecule has 0 saturated carbocycles. The first-order valence-electron chi connectivity index (χ1n) is 7.91. The van der Waals surface area contributed by atoms with Gasteiger partial charge < -0.3 is 13.3 Å².